The SMILES string of the molecule is Nc1cnc2ccc(-c3cnc4ccccc4c3)cc2c1Nc1ccc(N2CCNCC2)c(C(F)(F)F)c1. The van der Waals surface area contributed by atoms with Gasteiger partial charge in [0.2, 0.25) is 0 Å². The van der Waals surface area contributed by atoms with Crippen molar-refractivity contribution < 1.29 is 13.2 Å². The van der Waals surface area contributed by atoms with Gasteiger partial charge in [0.25, 0.3) is 0 Å². The van der Waals surface area contributed by atoms with Gasteiger partial charge in [-0.25, -0.2) is 0 Å². The van der Waals surface area contributed by atoms with Crippen molar-refractivity contribution in [1.82, 2.24) is 15.3 Å². The van der Waals surface area contributed by atoms with E-state index in [4.69, 9.17) is 5.73 Å². The Bertz CT molecular complexity index is 1640. The number of nitrogens with two attached hydrogens (primary N) is 1. The summed E-state index contributed by atoms with van der Waals surface area (Å²) < 4.78 is 42.3. The average molecular weight is 515 g/mol. The normalized spacial score (nSPS) is 14.2. The highest BCUT2D eigenvalue weighted by Crippen LogP contribution is 2.40. The first-order chi connectivity index (χ1) is 18.4. The predicted molar refractivity (Wildman–Crippen MR) is 147 cm³/mol. The molecule has 0 radical (unpaired) electrons. The zero-order chi connectivity index (χ0) is 26.3. The molecule has 0 aliphatic carbocycles. The Morgan fingerprint density at radius 2 is 1.63 bits per heavy atom. The van der Waals surface area contributed by atoms with E-state index in [-0.39, 0.29) is 5.69 Å². The molecule has 0 amide bonds. The quantitative estimate of drug-likeness (QED) is 0.265. The Morgan fingerprint density at radius 1 is 0.842 bits per heavy atom. The van der Waals surface area contributed by atoms with E-state index >= 15 is 0 Å². The molecule has 1 saturated heterocycles. The number of fused-ring (bicyclic) bond motifs is 2. The number of aromatic nitrogens is 2. The van der Waals surface area contributed by atoms with Gasteiger partial charge in [-0.2, -0.15) is 13.2 Å². The number of hydrogen-bond donors (Lipinski definition) is 3. The van der Waals surface area contributed by atoms with Crippen molar-refractivity contribution in [3.63, 3.8) is 0 Å². The lowest BCUT2D eigenvalue weighted by Gasteiger charge is -2.31. The van der Waals surface area contributed by atoms with Crippen LogP contribution in [0.1, 0.15) is 5.56 Å². The number of nitrogens with one attached hydrogen (secondary N) is 2. The number of nitrogen functional groups attached to an aromatic ring is 1. The van der Waals surface area contributed by atoms with Crippen LogP contribution in [0.25, 0.3) is 32.9 Å². The summed E-state index contributed by atoms with van der Waals surface area (Å²) in [6, 6.07) is 20.0. The largest absolute Gasteiger partial charge is 0.418 e. The number of anilines is 4. The van der Waals surface area contributed by atoms with Gasteiger partial charge in [-0.3, -0.25) is 9.97 Å². The first-order valence-electron chi connectivity index (χ1n) is 12.3. The van der Waals surface area contributed by atoms with Crippen LogP contribution in [0.5, 0.6) is 0 Å². The predicted octanol–water partition coefficient (Wildman–Crippen LogP) is 6.20. The van der Waals surface area contributed by atoms with Gasteiger partial charge in [0.15, 0.2) is 0 Å². The summed E-state index contributed by atoms with van der Waals surface area (Å²) in [5.41, 5.74) is 10.3. The molecule has 0 unspecified atom stereocenters. The van der Waals surface area contributed by atoms with E-state index in [1.165, 1.54) is 12.3 Å². The lowest BCUT2D eigenvalue weighted by molar-refractivity contribution is -0.137. The standard InChI is InChI=1S/C29H25F3N6/c30-29(31,32)23-15-21(6-8-27(23)38-11-9-34-10-12-38)37-28-22-14-18(5-7-26(22)36-17-24(28)33)20-13-19-3-1-2-4-25(19)35-16-20/h1-8,13-17,34H,9-12,33H2,(H,36,37). The molecule has 0 bridgehead atoms. The lowest BCUT2D eigenvalue weighted by atomic mass is 10.0. The van der Waals surface area contributed by atoms with Gasteiger partial charge < -0.3 is 21.3 Å². The molecule has 0 atom stereocenters. The summed E-state index contributed by atoms with van der Waals surface area (Å²) in [7, 11) is 0. The van der Waals surface area contributed by atoms with Crippen molar-refractivity contribution in [3.05, 3.63) is 84.7 Å². The highest BCUT2D eigenvalue weighted by molar-refractivity contribution is 6.01. The first-order valence-corrected chi connectivity index (χ1v) is 12.3. The molecular formula is C29H25F3N6. The Kier molecular flexibility index (Phi) is 6.00. The molecule has 38 heavy (non-hydrogen) atoms. The minimum atomic E-state index is -4.50. The van der Waals surface area contributed by atoms with Gasteiger partial charge >= 0.3 is 6.18 Å². The smallest absolute Gasteiger partial charge is 0.396 e. The van der Waals surface area contributed by atoms with E-state index in [1.807, 2.05) is 42.5 Å². The fraction of sp³-hybridized carbons (Fsp3) is 0.172. The lowest BCUT2D eigenvalue weighted by Crippen LogP contribution is -2.44. The average Bonchev–Trinajstić information content (AvgIpc) is 2.94. The van der Waals surface area contributed by atoms with E-state index < -0.39 is 11.7 Å². The third-order valence-corrected chi connectivity index (χ3v) is 6.85. The Morgan fingerprint density at radius 3 is 2.45 bits per heavy atom. The van der Waals surface area contributed by atoms with E-state index in [2.05, 4.69) is 26.7 Å². The minimum Gasteiger partial charge on any atom is -0.396 e. The summed E-state index contributed by atoms with van der Waals surface area (Å²) >= 11 is 0. The Hall–Kier alpha value is -4.37. The number of benzene rings is 3. The molecule has 6 rings (SSSR count). The summed E-state index contributed by atoms with van der Waals surface area (Å²) in [5.74, 6) is 0. The second kappa shape index (κ2) is 9.50. The van der Waals surface area contributed by atoms with E-state index in [0.29, 0.717) is 54.1 Å². The highest BCUT2D eigenvalue weighted by Gasteiger charge is 2.35. The van der Waals surface area contributed by atoms with Crippen LogP contribution in [0.3, 0.4) is 0 Å². The van der Waals surface area contributed by atoms with E-state index in [1.54, 1.807) is 17.2 Å². The number of alkyl halides is 3. The minimum absolute atomic E-state index is 0.184. The molecule has 2 aromatic heterocycles. The number of halogens is 3. The molecule has 3 heterocycles. The maximum absolute atomic E-state index is 14.1. The number of hydrogen-bond acceptors (Lipinski definition) is 6. The molecule has 1 aliphatic heterocycles. The molecule has 0 spiro atoms. The monoisotopic (exact) mass is 514 g/mol. The van der Waals surface area contributed by atoms with Crippen LogP contribution in [-0.4, -0.2) is 36.1 Å². The summed E-state index contributed by atoms with van der Waals surface area (Å²) in [6.45, 7) is 2.33. The van der Waals surface area contributed by atoms with Crippen LogP contribution in [0, 0.1) is 0 Å². The molecule has 6 nitrogen and oxygen atoms in total. The van der Waals surface area contributed by atoms with Crippen LogP contribution in [0.15, 0.2) is 79.1 Å². The summed E-state index contributed by atoms with van der Waals surface area (Å²) in [4.78, 5) is 10.7. The Balaban J connectivity index is 1.41. The molecule has 4 N–H and O–H groups in total. The zero-order valence-corrected chi connectivity index (χ0v) is 20.4. The maximum atomic E-state index is 14.1. The third kappa shape index (κ3) is 4.56. The van der Waals surface area contributed by atoms with Gasteiger partial charge in [-0.15, -0.1) is 0 Å². The van der Waals surface area contributed by atoms with Crippen LogP contribution in [-0.2, 0) is 6.18 Å². The van der Waals surface area contributed by atoms with Crippen LogP contribution in [0.4, 0.5) is 35.9 Å². The van der Waals surface area contributed by atoms with Crippen molar-refractivity contribution >= 4 is 44.6 Å². The number of pyridine rings is 2. The van der Waals surface area contributed by atoms with Crippen molar-refractivity contribution in [2.75, 3.05) is 42.1 Å². The molecule has 0 saturated carbocycles. The van der Waals surface area contributed by atoms with Crippen molar-refractivity contribution in [2.45, 2.75) is 6.18 Å². The topological polar surface area (TPSA) is 79.1 Å². The molecule has 192 valence electrons. The number of nitrogens with zero attached hydrogens (tertiary/aromatic N) is 3. The molecular weight excluding hydrogens is 489 g/mol. The third-order valence-electron chi connectivity index (χ3n) is 6.85. The fourth-order valence-electron chi connectivity index (χ4n) is 4.92. The molecule has 3 aromatic carbocycles. The van der Waals surface area contributed by atoms with Gasteiger partial charge in [0.1, 0.15) is 0 Å². The second-order valence-electron chi connectivity index (χ2n) is 9.33. The highest BCUT2D eigenvalue weighted by atomic mass is 19.4. The van der Waals surface area contributed by atoms with Gasteiger partial charge in [-0.1, -0.05) is 24.3 Å². The van der Waals surface area contributed by atoms with Crippen molar-refractivity contribution in [2.24, 2.45) is 0 Å². The number of para-hydroxylation sites is 1. The molecule has 9 heteroatoms. The van der Waals surface area contributed by atoms with Crippen LogP contribution < -0.4 is 21.3 Å². The fourth-order valence-corrected chi connectivity index (χ4v) is 4.92. The van der Waals surface area contributed by atoms with Crippen LogP contribution in [0.2, 0.25) is 0 Å². The first kappa shape index (κ1) is 24.0. The molecule has 5 aromatic rings. The van der Waals surface area contributed by atoms with Gasteiger partial charge in [0.05, 0.1) is 34.2 Å². The number of piperazine rings is 1. The second-order valence-corrected chi connectivity index (χ2v) is 9.33. The van der Waals surface area contributed by atoms with E-state index in [9.17, 15) is 13.2 Å². The van der Waals surface area contributed by atoms with Gasteiger partial charge in [0, 0.05) is 60.1 Å². The van der Waals surface area contributed by atoms with E-state index in [0.717, 1.165) is 28.1 Å². The number of rotatable bonds is 4. The van der Waals surface area contributed by atoms with Crippen molar-refractivity contribution in [1.29, 1.82) is 0 Å². The van der Waals surface area contributed by atoms with Crippen molar-refractivity contribution in [3.8, 4) is 11.1 Å². The molecule has 1 aliphatic rings. The zero-order valence-electron chi connectivity index (χ0n) is 20.4. The maximum Gasteiger partial charge on any atom is 0.418 e. The summed E-state index contributed by atoms with van der Waals surface area (Å²) in [5, 5.41) is 8.05. The molecule has 1 fully saturated rings. The van der Waals surface area contributed by atoms with Crippen LogP contribution >= 0.6 is 0 Å². The van der Waals surface area contributed by atoms with Gasteiger partial charge in [-0.05, 0) is 48.0 Å². The Labute approximate surface area is 217 Å². The summed E-state index contributed by atoms with van der Waals surface area (Å²) in [6.07, 6.45) is -1.18.